The molecule has 1 aliphatic rings. The highest BCUT2D eigenvalue weighted by molar-refractivity contribution is 7.90. The van der Waals surface area contributed by atoms with Gasteiger partial charge in [0.2, 0.25) is 5.91 Å². The van der Waals surface area contributed by atoms with Crippen molar-refractivity contribution in [1.29, 1.82) is 0 Å². The smallest absolute Gasteiger partial charge is 0.222 e. The van der Waals surface area contributed by atoms with Crippen LogP contribution in [-0.2, 0) is 21.7 Å². The summed E-state index contributed by atoms with van der Waals surface area (Å²) in [6.07, 6.45) is 5.55. The van der Waals surface area contributed by atoms with Crippen LogP contribution >= 0.6 is 0 Å². The van der Waals surface area contributed by atoms with Crippen LogP contribution in [-0.4, -0.2) is 57.6 Å². The molecule has 0 bridgehead atoms. The van der Waals surface area contributed by atoms with Gasteiger partial charge in [-0.15, -0.1) is 0 Å². The quantitative estimate of drug-likeness (QED) is 0.447. The van der Waals surface area contributed by atoms with Gasteiger partial charge in [0, 0.05) is 38.1 Å². The maximum atomic E-state index is 12.3. The molecule has 12 heteroatoms. The van der Waals surface area contributed by atoms with E-state index in [4.69, 9.17) is 4.74 Å². The van der Waals surface area contributed by atoms with Crippen molar-refractivity contribution in [2.24, 2.45) is 7.05 Å². The molecule has 1 aliphatic carbocycles. The fourth-order valence-corrected chi connectivity index (χ4v) is 3.62. The lowest BCUT2D eigenvalue weighted by molar-refractivity contribution is -0.114. The predicted molar refractivity (Wildman–Crippen MR) is 121 cm³/mol. The minimum atomic E-state index is -3.62. The van der Waals surface area contributed by atoms with Crippen LogP contribution in [0.25, 0.3) is 11.3 Å². The summed E-state index contributed by atoms with van der Waals surface area (Å²) in [4.78, 5) is 19.9. The molecule has 4 rings (SSSR count). The maximum Gasteiger partial charge on any atom is 0.222 e. The average Bonchev–Trinajstić information content (AvgIpc) is 3.30. The summed E-state index contributed by atoms with van der Waals surface area (Å²) >= 11 is 0. The van der Waals surface area contributed by atoms with Crippen molar-refractivity contribution >= 4 is 33.1 Å². The van der Waals surface area contributed by atoms with Crippen molar-refractivity contribution < 1.29 is 23.1 Å². The van der Waals surface area contributed by atoms with Gasteiger partial charge in [-0.1, -0.05) is 0 Å². The van der Waals surface area contributed by atoms with Gasteiger partial charge in [0.25, 0.3) is 0 Å². The van der Waals surface area contributed by atoms with Crippen molar-refractivity contribution in [3.05, 3.63) is 36.7 Å². The van der Waals surface area contributed by atoms with Gasteiger partial charge in [0.05, 0.1) is 23.2 Å². The summed E-state index contributed by atoms with van der Waals surface area (Å²) < 4.78 is 31.9. The summed E-state index contributed by atoms with van der Waals surface area (Å²) in [6.45, 7) is 1.44. The molecular weight excluding hydrogens is 448 g/mol. The summed E-state index contributed by atoms with van der Waals surface area (Å²) in [6, 6.07) is 6.42. The van der Waals surface area contributed by atoms with Crippen LogP contribution in [0.4, 0.5) is 17.3 Å². The Morgan fingerprint density at radius 1 is 1.27 bits per heavy atom. The molecule has 1 fully saturated rings. The molecular formula is C21H24N6O5S. The molecule has 3 aromatic heterocycles. The Kier molecular flexibility index (Phi) is 5.80. The molecule has 0 saturated heterocycles. The standard InChI is InChI=1S/C21H24N6O5S/c1-13(28)23-18-10-16(17(11-22-18)32-12-21(29)5-6-21)24-19-8-14(15-4-7-27(2)26-15)9-20(25-19)33(3,30)31/h4,7-11,29H,5-6,12H2,1-3H3,(H2,22,23,24,25,28). The van der Waals surface area contributed by atoms with E-state index in [0.717, 1.165) is 6.26 Å². The van der Waals surface area contributed by atoms with Gasteiger partial charge in [-0.3, -0.25) is 9.48 Å². The first kappa shape index (κ1) is 22.7. The number of carbonyl (C=O) groups excluding carboxylic acids is 1. The van der Waals surface area contributed by atoms with Crippen molar-refractivity contribution in [1.82, 2.24) is 19.7 Å². The van der Waals surface area contributed by atoms with Crippen LogP contribution in [0.3, 0.4) is 0 Å². The number of rotatable bonds is 8. The van der Waals surface area contributed by atoms with E-state index >= 15 is 0 Å². The van der Waals surface area contributed by atoms with Gasteiger partial charge < -0.3 is 20.5 Å². The molecule has 1 saturated carbocycles. The second kappa shape index (κ2) is 8.45. The maximum absolute atomic E-state index is 12.3. The number of aliphatic hydroxyl groups is 1. The molecule has 0 aliphatic heterocycles. The zero-order valence-electron chi connectivity index (χ0n) is 18.4. The van der Waals surface area contributed by atoms with Crippen molar-refractivity contribution in [2.45, 2.75) is 30.4 Å². The third kappa shape index (κ3) is 5.65. The molecule has 0 spiro atoms. The van der Waals surface area contributed by atoms with E-state index in [1.165, 1.54) is 19.2 Å². The van der Waals surface area contributed by atoms with E-state index in [9.17, 15) is 18.3 Å². The number of carbonyl (C=O) groups is 1. The zero-order chi connectivity index (χ0) is 23.8. The first-order valence-corrected chi connectivity index (χ1v) is 12.0. The molecule has 174 valence electrons. The molecule has 1 amide bonds. The summed E-state index contributed by atoms with van der Waals surface area (Å²) in [7, 11) is -1.85. The highest BCUT2D eigenvalue weighted by Gasteiger charge is 2.41. The van der Waals surface area contributed by atoms with E-state index in [1.54, 1.807) is 36.1 Å². The van der Waals surface area contributed by atoms with Gasteiger partial charge in [0.15, 0.2) is 20.6 Å². The zero-order valence-corrected chi connectivity index (χ0v) is 19.2. The van der Waals surface area contributed by atoms with Crippen molar-refractivity contribution in [3.63, 3.8) is 0 Å². The van der Waals surface area contributed by atoms with Gasteiger partial charge in [-0.25, -0.2) is 18.4 Å². The molecule has 33 heavy (non-hydrogen) atoms. The van der Waals surface area contributed by atoms with Gasteiger partial charge in [-0.2, -0.15) is 5.10 Å². The lowest BCUT2D eigenvalue weighted by atomic mass is 10.2. The van der Waals surface area contributed by atoms with Crippen LogP contribution in [0.15, 0.2) is 41.7 Å². The number of amides is 1. The fraction of sp³-hybridized carbons (Fsp3) is 0.333. The average molecular weight is 473 g/mol. The summed E-state index contributed by atoms with van der Waals surface area (Å²) in [5.74, 6) is 0.514. The van der Waals surface area contributed by atoms with Crippen LogP contribution in [0, 0.1) is 0 Å². The normalized spacial score (nSPS) is 14.5. The monoisotopic (exact) mass is 472 g/mol. The molecule has 3 N–H and O–H groups in total. The SMILES string of the molecule is CC(=O)Nc1cc(Nc2cc(-c3ccn(C)n3)cc(S(C)(=O)=O)n2)c(OCC2(O)CC2)cn1. The third-order valence-corrected chi connectivity index (χ3v) is 5.92. The molecule has 11 nitrogen and oxygen atoms in total. The molecule has 0 aromatic carbocycles. The Labute approximate surface area is 190 Å². The second-order valence-corrected chi connectivity index (χ2v) is 10.1. The number of pyridine rings is 2. The largest absolute Gasteiger partial charge is 0.487 e. The second-order valence-electron chi connectivity index (χ2n) is 8.11. The number of sulfone groups is 1. The molecule has 3 aromatic rings. The van der Waals surface area contributed by atoms with E-state index in [1.807, 2.05) is 0 Å². The first-order chi connectivity index (χ1) is 15.5. The van der Waals surface area contributed by atoms with Gasteiger partial charge in [-0.05, 0) is 31.0 Å². The summed E-state index contributed by atoms with van der Waals surface area (Å²) in [5.41, 5.74) is 0.672. The number of ether oxygens (including phenoxy) is 1. The topological polar surface area (TPSA) is 148 Å². The Hall–Kier alpha value is -3.51. The number of hydrogen-bond donors (Lipinski definition) is 3. The summed E-state index contributed by atoms with van der Waals surface area (Å²) in [5, 5.41) is 20.0. The predicted octanol–water partition coefficient (Wildman–Crippen LogP) is 1.89. The first-order valence-electron chi connectivity index (χ1n) is 10.1. The van der Waals surface area contributed by atoms with Crippen LogP contribution in [0.2, 0.25) is 0 Å². The molecule has 0 unspecified atom stereocenters. The highest BCUT2D eigenvalue weighted by atomic mass is 32.2. The van der Waals surface area contributed by atoms with Gasteiger partial charge in [0.1, 0.15) is 18.2 Å². The Bertz CT molecular complexity index is 1320. The van der Waals surface area contributed by atoms with Crippen molar-refractivity contribution in [3.8, 4) is 17.0 Å². The number of hydrogen-bond acceptors (Lipinski definition) is 9. The van der Waals surface area contributed by atoms with Crippen LogP contribution in [0.1, 0.15) is 19.8 Å². The fourth-order valence-electron chi connectivity index (χ4n) is 3.02. The lowest BCUT2D eigenvalue weighted by Crippen LogP contribution is -2.19. The Morgan fingerprint density at radius 2 is 2.03 bits per heavy atom. The van der Waals surface area contributed by atoms with Gasteiger partial charge >= 0.3 is 0 Å². The Balaban J connectivity index is 1.73. The molecule has 0 atom stereocenters. The van der Waals surface area contributed by atoms with Crippen LogP contribution < -0.4 is 15.4 Å². The highest BCUT2D eigenvalue weighted by Crippen LogP contribution is 2.37. The lowest BCUT2D eigenvalue weighted by Gasteiger charge is -2.16. The number of aryl methyl sites for hydroxylation is 1. The molecule has 0 radical (unpaired) electrons. The number of nitrogens with one attached hydrogen (secondary N) is 2. The number of anilines is 3. The minimum absolute atomic E-state index is 0.0822. The number of aromatic nitrogens is 4. The van der Waals surface area contributed by atoms with E-state index < -0.39 is 15.4 Å². The minimum Gasteiger partial charge on any atom is -0.487 e. The van der Waals surface area contributed by atoms with Crippen LogP contribution in [0.5, 0.6) is 5.75 Å². The number of nitrogens with zero attached hydrogens (tertiary/aromatic N) is 4. The van der Waals surface area contributed by atoms with Crippen molar-refractivity contribution in [2.75, 3.05) is 23.5 Å². The van der Waals surface area contributed by atoms with E-state index in [2.05, 4.69) is 25.7 Å². The van der Waals surface area contributed by atoms with E-state index in [-0.39, 0.29) is 29.2 Å². The third-order valence-electron chi connectivity index (χ3n) is 4.95. The molecule has 3 heterocycles. The van der Waals surface area contributed by atoms with E-state index in [0.29, 0.717) is 35.5 Å². The Morgan fingerprint density at radius 3 is 2.64 bits per heavy atom.